The Morgan fingerprint density at radius 3 is 2.61 bits per heavy atom. The Morgan fingerprint density at radius 1 is 1.11 bits per heavy atom. The van der Waals surface area contributed by atoms with E-state index in [1.807, 2.05) is 30.3 Å². The summed E-state index contributed by atoms with van der Waals surface area (Å²) in [5.41, 5.74) is 1.37. The van der Waals surface area contributed by atoms with Gasteiger partial charge >= 0.3 is 0 Å². The molecule has 1 fully saturated rings. The molecule has 28 heavy (non-hydrogen) atoms. The lowest BCUT2D eigenvalue weighted by molar-refractivity contribution is -0.126. The van der Waals surface area contributed by atoms with E-state index in [0.29, 0.717) is 18.1 Å². The number of carbonyl (C=O) groups is 2. The number of rotatable bonds is 5. The van der Waals surface area contributed by atoms with Crippen LogP contribution in [0.3, 0.4) is 0 Å². The topological polar surface area (TPSA) is 93.0 Å². The SMILES string of the molecule is O=C(NCc1nnnn1-c1ccc(F)cc1)[C@@H]1CC(=O)N(c2ccccc2)C1. The quantitative estimate of drug-likeness (QED) is 0.724. The van der Waals surface area contributed by atoms with Crippen LogP contribution in [-0.4, -0.2) is 38.6 Å². The first kappa shape index (κ1) is 17.8. The van der Waals surface area contributed by atoms with Crippen LogP contribution in [0.5, 0.6) is 0 Å². The van der Waals surface area contributed by atoms with Crippen LogP contribution in [0.1, 0.15) is 12.2 Å². The number of nitrogens with one attached hydrogen (secondary N) is 1. The molecule has 2 heterocycles. The molecule has 1 aliphatic heterocycles. The van der Waals surface area contributed by atoms with E-state index in [1.165, 1.54) is 16.8 Å². The molecular weight excluding hydrogens is 363 g/mol. The maximum atomic E-state index is 13.1. The van der Waals surface area contributed by atoms with Crippen LogP contribution in [0.4, 0.5) is 10.1 Å². The van der Waals surface area contributed by atoms with Gasteiger partial charge in [-0.25, -0.2) is 4.39 Å². The molecule has 1 aromatic heterocycles. The molecule has 9 heteroatoms. The fourth-order valence-electron chi connectivity index (χ4n) is 3.15. The monoisotopic (exact) mass is 380 g/mol. The summed E-state index contributed by atoms with van der Waals surface area (Å²) in [6.07, 6.45) is 0.156. The number of hydrogen-bond donors (Lipinski definition) is 1. The predicted octanol–water partition coefficient (Wildman–Crippen LogP) is 1.47. The lowest BCUT2D eigenvalue weighted by atomic mass is 10.1. The molecule has 142 valence electrons. The summed E-state index contributed by atoms with van der Waals surface area (Å²) in [7, 11) is 0. The van der Waals surface area contributed by atoms with E-state index < -0.39 is 5.92 Å². The third-order valence-corrected chi connectivity index (χ3v) is 4.59. The summed E-state index contributed by atoms with van der Waals surface area (Å²) in [5.74, 6) is -0.712. The number of para-hydroxylation sites is 1. The molecule has 0 saturated carbocycles. The first-order valence-electron chi connectivity index (χ1n) is 8.78. The van der Waals surface area contributed by atoms with Crippen molar-refractivity contribution in [2.75, 3.05) is 11.4 Å². The van der Waals surface area contributed by atoms with Gasteiger partial charge in [0.2, 0.25) is 11.8 Å². The summed E-state index contributed by atoms with van der Waals surface area (Å²) in [6, 6.07) is 15.0. The van der Waals surface area contributed by atoms with E-state index in [2.05, 4.69) is 20.8 Å². The van der Waals surface area contributed by atoms with Crippen molar-refractivity contribution >= 4 is 17.5 Å². The van der Waals surface area contributed by atoms with Crippen LogP contribution in [-0.2, 0) is 16.1 Å². The first-order valence-corrected chi connectivity index (χ1v) is 8.78. The first-order chi connectivity index (χ1) is 13.6. The maximum absolute atomic E-state index is 13.1. The number of benzene rings is 2. The summed E-state index contributed by atoms with van der Waals surface area (Å²) >= 11 is 0. The third kappa shape index (κ3) is 3.59. The molecule has 0 spiro atoms. The highest BCUT2D eigenvalue weighted by molar-refractivity contribution is 6.00. The zero-order valence-corrected chi connectivity index (χ0v) is 14.8. The minimum atomic E-state index is -0.442. The standard InChI is InChI=1S/C19H17FN6O2/c20-14-6-8-16(9-7-14)26-17(22-23-24-26)11-21-19(28)13-10-18(27)25(12-13)15-4-2-1-3-5-15/h1-9,13H,10-12H2,(H,21,28)/t13-/m1/s1. The van der Waals surface area contributed by atoms with Crippen molar-refractivity contribution in [1.29, 1.82) is 0 Å². The van der Waals surface area contributed by atoms with Crippen LogP contribution < -0.4 is 10.2 Å². The van der Waals surface area contributed by atoms with E-state index in [9.17, 15) is 14.0 Å². The van der Waals surface area contributed by atoms with Crippen LogP contribution in [0.2, 0.25) is 0 Å². The number of halogens is 1. The van der Waals surface area contributed by atoms with E-state index in [4.69, 9.17) is 0 Å². The van der Waals surface area contributed by atoms with E-state index in [0.717, 1.165) is 5.69 Å². The summed E-state index contributed by atoms with van der Waals surface area (Å²) < 4.78 is 14.5. The Bertz CT molecular complexity index is 989. The number of carbonyl (C=O) groups excluding carboxylic acids is 2. The van der Waals surface area contributed by atoms with Crippen molar-refractivity contribution in [3.8, 4) is 5.69 Å². The molecule has 1 saturated heterocycles. The normalized spacial score (nSPS) is 16.4. The molecule has 0 bridgehead atoms. The van der Waals surface area contributed by atoms with Gasteiger partial charge < -0.3 is 10.2 Å². The molecule has 0 unspecified atom stereocenters. The van der Waals surface area contributed by atoms with Gasteiger partial charge in [-0.15, -0.1) is 5.10 Å². The number of anilines is 1. The smallest absolute Gasteiger partial charge is 0.227 e. The third-order valence-electron chi connectivity index (χ3n) is 4.59. The minimum Gasteiger partial charge on any atom is -0.348 e. The molecule has 3 aromatic rings. The van der Waals surface area contributed by atoms with Gasteiger partial charge in [0, 0.05) is 18.7 Å². The van der Waals surface area contributed by atoms with Gasteiger partial charge in [0.15, 0.2) is 5.82 Å². The van der Waals surface area contributed by atoms with E-state index in [1.54, 1.807) is 17.0 Å². The zero-order chi connectivity index (χ0) is 19.5. The predicted molar refractivity (Wildman–Crippen MR) is 97.9 cm³/mol. The number of aromatic nitrogens is 4. The number of tetrazole rings is 1. The van der Waals surface area contributed by atoms with Gasteiger partial charge in [-0.3, -0.25) is 9.59 Å². The second-order valence-electron chi connectivity index (χ2n) is 6.44. The van der Waals surface area contributed by atoms with Gasteiger partial charge in [-0.1, -0.05) is 18.2 Å². The molecule has 2 amide bonds. The van der Waals surface area contributed by atoms with Crippen LogP contribution in [0.25, 0.3) is 5.69 Å². The molecule has 0 radical (unpaired) electrons. The Kier molecular flexibility index (Phi) is 4.79. The van der Waals surface area contributed by atoms with E-state index in [-0.39, 0.29) is 30.6 Å². The van der Waals surface area contributed by atoms with Crippen molar-refractivity contribution in [3.63, 3.8) is 0 Å². The van der Waals surface area contributed by atoms with Gasteiger partial charge in [0.05, 0.1) is 18.2 Å². The lowest BCUT2D eigenvalue weighted by Crippen LogP contribution is -2.33. The zero-order valence-electron chi connectivity index (χ0n) is 14.8. The molecule has 0 aliphatic carbocycles. The molecule has 1 aliphatic rings. The lowest BCUT2D eigenvalue weighted by Gasteiger charge is -2.16. The second kappa shape index (κ2) is 7.55. The molecule has 8 nitrogen and oxygen atoms in total. The van der Waals surface area contributed by atoms with Crippen LogP contribution in [0, 0.1) is 11.7 Å². The van der Waals surface area contributed by atoms with Gasteiger partial charge in [-0.2, -0.15) is 4.68 Å². The average molecular weight is 380 g/mol. The highest BCUT2D eigenvalue weighted by Gasteiger charge is 2.35. The fraction of sp³-hybridized carbons (Fsp3) is 0.211. The molecule has 4 rings (SSSR count). The number of hydrogen-bond acceptors (Lipinski definition) is 5. The number of amides is 2. The van der Waals surface area contributed by atoms with Crippen LogP contribution >= 0.6 is 0 Å². The van der Waals surface area contributed by atoms with Crippen molar-refractivity contribution in [2.45, 2.75) is 13.0 Å². The summed E-state index contributed by atoms with van der Waals surface area (Å²) in [6.45, 7) is 0.427. The molecular formula is C19H17FN6O2. The Morgan fingerprint density at radius 2 is 1.86 bits per heavy atom. The highest BCUT2D eigenvalue weighted by atomic mass is 19.1. The maximum Gasteiger partial charge on any atom is 0.227 e. The number of nitrogens with zero attached hydrogens (tertiary/aromatic N) is 5. The van der Waals surface area contributed by atoms with E-state index >= 15 is 0 Å². The van der Waals surface area contributed by atoms with Crippen molar-refractivity contribution < 1.29 is 14.0 Å². The molecule has 1 atom stereocenters. The Labute approximate surface area is 160 Å². The van der Waals surface area contributed by atoms with Gasteiger partial charge in [0.1, 0.15) is 5.82 Å². The molecule has 2 aromatic carbocycles. The average Bonchev–Trinajstić information content (AvgIpc) is 3.34. The summed E-state index contributed by atoms with van der Waals surface area (Å²) in [5, 5.41) is 14.2. The minimum absolute atomic E-state index is 0.0810. The van der Waals surface area contributed by atoms with Gasteiger partial charge in [0.25, 0.3) is 0 Å². The largest absolute Gasteiger partial charge is 0.348 e. The second-order valence-corrected chi connectivity index (χ2v) is 6.44. The van der Waals surface area contributed by atoms with Crippen molar-refractivity contribution in [1.82, 2.24) is 25.5 Å². The Balaban J connectivity index is 1.40. The fourth-order valence-corrected chi connectivity index (χ4v) is 3.15. The highest BCUT2D eigenvalue weighted by Crippen LogP contribution is 2.24. The Hall–Kier alpha value is -3.62. The van der Waals surface area contributed by atoms with Crippen molar-refractivity contribution in [2.24, 2.45) is 5.92 Å². The van der Waals surface area contributed by atoms with Crippen LogP contribution in [0.15, 0.2) is 54.6 Å². The van der Waals surface area contributed by atoms with Crippen molar-refractivity contribution in [3.05, 3.63) is 66.2 Å². The molecule has 1 N–H and O–H groups in total. The van der Waals surface area contributed by atoms with Gasteiger partial charge in [-0.05, 0) is 46.8 Å². The summed E-state index contributed by atoms with van der Waals surface area (Å²) in [4.78, 5) is 26.4.